The molecule has 0 bridgehead atoms. The summed E-state index contributed by atoms with van der Waals surface area (Å²) >= 11 is 0. The van der Waals surface area contributed by atoms with Crippen LogP contribution in [0.3, 0.4) is 0 Å². The summed E-state index contributed by atoms with van der Waals surface area (Å²) in [6.07, 6.45) is -3.26. The molecule has 1 fully saturated rings. The van der Waals surface area contributed by atoms with E-state index < -0.39 is 24.4 Å². The SMILES string of the molecule is CCOC(=O)CC(C)CC1OCC(O)C(O)C1O. The monoisotopic (exact) mass is 262 g/mol. The van der Waals surface area contributed by atoms with E-state index in [1.807, 2.05) is 6.92 Å². The van der Waals surface area contributed by atoms with Gasteiger partial charge in [0.1, 0.15) is 18.3 Å². The standard InChI is InChI=1S/C12H22O6/c1-3-17-10(14)5-7(2)4-9-12(16)11(15)8(13)6-18-9/h7-9,11-13,15-16H,3-6H2,1-2H3. The lowest BCUT2D eigenvalue weighted by atomic mass is 9.91. The summed E-state index contributed by atoms with van der Waals surface area (Å²) in [4.78, 5) is 11.3. The fraction of sp³-hybridized carbons (Fsp3) is 0.917. The van der Waals surface area contributed by atoms with Crippen molar-refractivity contribution in [1.82, 2.24) is 0 Å². The topological polar surface area (TPSA) is 96.2 Å². The first-order valence-corrected chi connectivity index (χ1v) is 6.27. The van der Waals surface area contributed by atoms with Gasteiger partial charge in [0, 0.05) is 6.42 Å². The molecule has 0 amide bonds. The molecule has 0 saturated carbocycles. The summed E-state index contributed by atoms with van der Waals surface area (Å²) in [6, 6.07) is 0. The molecular weight excluding hydrogens is 240 g/mol. The van der Waals surface area contributed by atoms with Crippen LogP contribution in [0, 0.1) is 5.92 Å². The minimum atomic E-state index is -1.20. The minimum absolute atomic E-state index is 0.00494. The Morgan fingerprint density at radius 3 is 2.67 bits per heavy atom. The van der Waals surface area contributed by atoms with Crippen LogP contribution < -0.4 is 0 Å². The number of rotatable bonds is 5. The Bertz CT molecular complexity index is 269. The van der Waals surface area contributed by atoms with Crippen LogP contribution >= 0.6 is 0 Å². The Kier molecular flexibility index (Phi) is 6.01. The smallest absolute Gasteiger partial charge is 0.306 e. The van der Waals surface area contributed by atoms with Gasteiger partial charge in [-0.05, 0) is 19.3 Å². The highest BCUT2D eigenvalue weighted by molar-refractivity contribution is 5.69. The van der Waals surface area contributed by atoms with Gasteiger partial charge in [0.05, 0.1) is 19.3 Å². The van der Waals surface area contributed by atoms with Gasteiger partial charge < -0.3 is 24.8 Å². The van der Waals surface area contributed by atoms with Crippen LogP contribution in [0.2, 0.25) is 0 Å². The average molecular weight is 262 g/mol. The lowest BCUT2D eigenvalue weighted by molar-refractivity contribution is -0.191. The van der Waals surface area contributed by atoms with Crippen molar-refractivity contribution in [3.05, 3.63) is 0 Å². The van der Waals surface area contributed by atoms with E-state index in [0.29, 0.717) is 13.0 Å². The number of hydrogen-bond donors (Lipinski definition) is 3. The maximum absolute atomic E-state index is 11.3. The molecule has 18 heavy (non-hydrogen) atoms. The zero-order valence-electron chi connectivity index (χ0n) is 10.8. The third-order valence-corrected chi connectivity index (χ3v) is 3.06. The number of aliphatic hydroxyl groups excluding tert-OH is 3. The van der Waals surface area contributed by atoms with Crippen LogP contribution in [0.4, 0.5) is 0 Å². The molecule has 0 radical (unpaired) electrons. The Labute approximate surface area is 107 Å². The third kappa shape index (κ3) is 4.20. The fourth-order valence-electron chi connectivity index (χ4n) is 2.06. The van der Waals surface area contributed by atoms with E-state index in [2.05, 4.69) is 0 Å². The van der Waals surface area contributed by atoms with Crippen LogP contribution in [-0.4, -0.2) is 58.9 Å². The Morgan fingerprint density at radius 1 is 1.39 bits per heavy atom. The molecule has 5 atom stereocenters. The van der Waals surface area contributed by atoms with Gasteiger partial charge in [-0.1, -0.05) is 6.92 Å². The summed E-state index contributed by atoms with van der Waals surface area (Å²) < 4.78 is 10.1. The van der Waals surface area contributed by atoms with Crippen molar-refractivity contribution in [3.63, 3.8) is 0 Å². The van der Waals surface area contributed by atoms with Crippen LogP contribution in [0.25, 0.3) is 0 Å². The van der Waals surface area contributed by atoms with E-state index >= 15 is 0 Å². The van der Waals surface area contributed by atoms with Crippen molar-refractivity contribution in [2.75, 3.05) is 13.2 Å². The molecule has 1 aliphatic rings. The lowest BCUT2D eigenvalue weighted by Gasteiger charge is -2.36. The van der Waals surface area contributed by atoms with Crippen molar-refractivity contribution >= 4 is 5.97 Å². The fourth-order valence-corrected chi connectivity index (χ4v) is 2.06. The zero-order chi connectivity index (χ0) is 13.7. The van der Waals surface area contributed by atoms with Gasteiger partial charge >= 0.3 is 5.97 Å². The molecule has 6 nitrogen and oxygen atoms in total. The first-order valence-electron chi connectivity index (χ1n) is 6.27. The van der Waals surface area contributed by atoms with Crippen LogP contribution in [0.15, 0.2) is 0 Å². The van der Waals surface area contributed by atoms with Gasteiger partial charge in [0.25, 0.3) is 0 Å². The number of hydrogen-bond acceptors (Lipinski definition) is 6. The van der Waals surface area contributed by atoms with Crippen molar-refractivity contribution < 1.29 is 29.6 Å². The molecule has 1 aliphatic heterocycles. The van der Waals surface area contributed by atoms with Gasteiger partial charge in [-0.3, -0.25) is 4.79 Å². The second-order valence-corrected chi connectivity index (χ2v) is 4.77. The number of esters is 1. The van der Waals surface area contributed by atoms with E-state index in [0.717, 1.165) is 0 Å². The zero-order valence-corrected chi connectivity index (χ0v) is 10.8. The van der Waals surface area contributed by atoms with E-state index in [9.17, 15) is 20.1 Å². The summed E-state index contributed by atoms with van der Waals surface area (Å²) in [5.41, 5.74) is 0. The molecule has 1 rings (SSSR count). The lowest BCUT2D eigenvalue weighted by Crippen LogP contribution is -2.53. The number of ether oxygens (including phenoxy) is 2. The normalized spacial score (nSPS) is 34.1. The predicted molar refractivity (Wildman–Crippen MR) is 62.8 cm³/mol. The first kappa shape index (κ1) is 15.4. The van der Waals surface area contributed by atoms with Crippen molar-refractivity contribution in [3.8, 4) is 0 Å². The highest BCUT2D eigenvalue weighted by Crippen LogP contribution is 2.23. The highest BCUT2D eigenvalue weighted by Gasteiger charge is 2.38. The van der Waals surface area contributed by atoms with E-state index in [-0.39, 0.29) is 24.9 Å². The predicted octanol–water partition coefficient (Wildman–Crippen LogP) is -0.553. The first-order chi connectivity index (χ1) is 8.45. The van der Waals surface area contributed by atoms with Gasteiger partial charge in [-0.25, -0.2) is 0 Å². The van der Waals surface area contributed by atoms with Gasteiger partial charge in [-0.15, -0.1) is 0 Å². The summed E-state index contributed by atoms with van der Waals surface area (Å²) in [6.45, 7) is 3.94. The summed E-state index contributed by atoms with van der Waals surface area (Å²) in [5, 5.41) is 28.6. The maximum atomic E-state index is 11.3. The van der Waals surface area contributed by atoms with Crippen molar-refractivity contribution in [2.45, 2.75) is 51.1 Å². The van der Waals surface area contributed by atoms with Crippen molar-refractivity contribution in [1.29, 1.82) is 0 Å². The number of carbonyl (C=O) groups excluding carboxylic acids is 1. The Balaban J connectivity index is 2.39. The molecule has 0 aromatic rings. The summed E-state index contributed by atoms with van der Waals surface area (Å²) in [7, 11) is 0. The molecule has 3 N–H and O–H groups in total. The largest absolute Gasteiger partial charge is 0.466 e. The highest BCUT2D eigenvalue weighted by atomic mass is 16.5. The van der Waals surface area contributed by atoms with Crippen molar-refractivity contribution in [2.24, 2.45) is 5.92 Å². The van der Waals surface area contributed by atoms with Gasteiger partial charge in [0.2, 0.25) is 0 Å². The maximum Gasteiger partial charge on any atom is 0.306 e. The number of carbonyl (C=O) groups is 1. The molecule has 106 valence electrons. The van der Waals surface area contributed by atoms with E-state index in [4.69, 9.17) is 9.47 Å². The van der Waals surface area contributed by atoms with E-state index in [1.54, 1.807) is 6.92 Å². The second kappa shape index (κ2) is 7.04. The number of aliphatic hydroxyl groups is 3. The van der Waals surface area contributed by atoms with Crippen LogP contribution in [0.5, 0.6) is 0 Å². The molecule has 0 aliphatic carbocycles. The summed E-state index contributed by atoms with van der Waals surface area (Å²) in [5.74, 6) is -0.304. The molecule has 0 aromatic carbocycles. The Hall–Kier alpha value is -0.690. The minimum Gasteiger partial charge on any atom is -0.466 e. The molecule has 1 saturated heterocycles. The van der Waals surface area contributed by atoms with Crippen LogP contribution in [-0.2, 0) is 14.3 Å². The second-order valence-electron chi connectivity index (χ2n) is 4.77. The average Bonchev–Trinajstić information content (AvgIpc) is 2.30. The molecule has 1 heterocycles. The molecular formula is C12H22O6. The van der Waals surface area contributed by atoms with Gasteiger partial charge in [-0.2, -0.15) is 0 Å². The molecule has 0 spiro atoms. The van der Waals surface area contributed by atoms with Crippen LogP contribution in [0.1, 0.15) is 26.7 Å². The Morgan fingerprint density at radius 2 is 2.06 bits per heavy atom. The van der Waals surface area contributed by atoms with E-state index in [1.165, 1.54) is 0 Å². The molecule has 0 aromatic heterocycles. The third-order valence-electron chi connectivity index (χ3n) is 3.06. The van der Waals surface area contributed by atoms with Gasteiger partial charge in [0.15, 0.2) is 0 Å². The molecule has 5 unspecified atom stereocenters. The molecule has 6 heteroatoms. The quantitative estimate of drug-likeness (QED) is 0.575.